The number of aliphatic imine (C=N–C) groups is 1. The second-order valence-corrected chi connectivity index (χ2v) is 6.58. The van der Waals surface area contributed by atoms with Crippen LogP contribution in [0.1, 0.15) is 11.1 Å². The molecule has 0 fully saturated rings. The van der Waals surface area contributed by atoms with Crippen LogP contribution in [0.4, 0.5) is 0 Å². The van der Waals surface area contributed by atoms with Crippen molar-refractivity contribution < 1.29 is 14.3 Å². The number of cyclic esters (lactones) is 1. The Morgan fingerprint density at radius 3 is 2.67 bits per heavy atom. The highest BCUT2D eigenvalue weighted by atomic mass is 79.9. The van der Waals surface area contributed by atoms with E-state index in [1.165, 1.54) is 7.11 Å². The molecule has 1 heterocycles. The molecule has 0 aliphatic carbocycles. The Labute approximate surface area is 156 Å². The molecule has 1 aliphatic rings. The molecular weight excluding hydrogens is 417 g/mol. The van der Waals surface area contributed by atoms with E-state index in [9.17, 15) is 4.79 Å². The topological polar surface area (TPSA) is 47.9 Å². The highest BCUT2D eigenvalue weighted by molar-refractivity contribution is 9.10. The SMILES string of the molecule is COc1ccc(Br)cc1C1=N/C(=C\c2ccc(Cl)c(Cl)c2)C(=O)O1. The lowest BCUT2D eigenvalue weighted by Crippen LogP contribution is -2.07. The summed E-state index contributed by atoms with van der Waals surface area (Å²) < 4.78 is 11.4. The summed E-state index contributed by atoms with van der Waals surface area (Å²) in [5, 5.41) is 0.839. The van der Waals surface area contributed by atoms with E-state index in [1.54, 1.807) is 36.4 Å². The lowest BCUT2D eigenvalue weighted by molar-refractivity contribution is -0.129. The molecule has 4 nitrogen and oxygen atoms in total. The number of benzene rings is 2. The highest BCUT2D eigenvalue weighted by Crippen LogP contribution is 2.29. The first kappa shape index (κ1) is 17.0. The molecule has 122 valence electrons. The van der Waals surface area contributed by atoms with Gasteiger partial charge in [0.05, 0.1) is 22.7 Å². The summed E-state index contributed by atoms with van der Waals surface area (Å²) in [5.74, 6) is 0.197. The lowest BCUT2D eigenvalue weighted by atomic mass is 10.2. The van der Waals surface area contributed by atoms with Crippen molar-refractivity contribution >= 4 is 57.1 Å². The fourth-order valence-corrected chi connectivity index (χ4v) is 2.80. The van der Waals surface area contributed by atoms with Crippen molar-refractivity contribution in [2.75, 3.05) is 7.11 Å². The summed E-state index contributed by atoms with van der Waals surface area (Å²) in [5.41, 5.74) is 1.45. The number of hydrogen-bond acceptors (Lipinski definition) is 4. The van der Waals surface area contributed by atoms with E-state index in [4.69, 9.17) is 32.7 Å². The minimum absolute atomic E-state index is 0.172. The summed E-state index contributed by atoms with van der Waals surface area (Å²) in [6.07, 6.45) is 1.59. The predicted octanol–water partition coefficient (Wildman–Crippen LogP) is 5.11. The van der Waals surface area contributed by atoms with E-state index in [0.717, 1.165) is 4.47 Å². The van der Waals surface area contributed by atoms with Gasteiger partial charge in [0, 0.05) is 4.47 Å². The molecule has 0 radical (unpaired) electrons. The molecule has 0 N–H and O–H groups in total. The second kappa shape index (κ2) is 6.97. The quantitative estimate of drug-likeness (QED) is 0.506. The van der Waals surface area contributed by atoms with Gasteiger partial charge in [-0.2, -0.15) is 0 Å². The Morgan fingerprint density at radius 1 is 1.17 bits per heavy atom. The number of carbonyl (C=O) groups is 1. The molecule has 0 saturated heterocycles. The third-order valence-electron chi connectivity index (χ3n) is 3.26. The molecule has 0 saturated carbocycles. The average molecular weight is 427 g/mol. The van der Waals surface area contributed by atoms with Crippen molar-refractivity contribution in [3.63, 3.8) is 0 Å². The minimum atomic E-state index is -0.543. The standard InChI is InChI=1S/C17H10BrCl2NO3/c1-23-15-5-3-10(18)8-11(15)16-21-14(17(22)24-16)7-9-2-4-12(19)13(20)6-9/h2-8H,1H3/b14-7-. The summed E-state index contributed by atoms with van der Waals surface area (Å²) in [4.78, 5) is 16.3. The zero-order valence-electron chi connectivity index (χ0n) is 12.3. The van der Waals surface area contributed by atoms with Crippen molar-refractivity contribution in [1.82, 2.24) is 0 Å². The van der Waals surface area contributed by atoms with Crippen LogP contribution in [-0.4, -0.2) is 19.0 Å². The van der Waals surface area contributed by atoms with Crippen LogP contribution in [0.2, 0.25) is 10.0 Å². The maximum atomic E-state index is 12.1. The summed E-state index contributed by atoms with van der Waals surface area (Å²) in [6.45, 7) is 0. The normalized spacial score (nSPS) is 15.4. The van der Waals surface area contributed by atoms with Crippen molar-refractivity contribution in [1.29, 1.82) is 0 Å². The van der Waals surface area contributed by atoms with Crippen LogP contribution in [0.25, 0.3) is 6.08 Å². The molecule has 1 aliphatic heterocycles. The number of halogens is 3. The summed E-state index contributed by atoms with van der Waals surface area (Å²) in [6, 6.07) is 10.4. The van der Waals surface area contributed by atoms with Crippen LogP contribution in [0.3, 0.4) is 0 Å². The number of ether oxygens (including phenoxy) is 2. The van der Waals surface area contributed by atoms with Gasteiger partial charge in [-0.15, -0.1) is 0 Å². The van der Waals surface area contributed by atoms with Crippen molar-refractivity contribution in [2.45, 2.75) is 0 Å². The molecule has 0 bridgehead atoms. The third kappa shape index (κ3) is 3.48. The van der Waals surface area contributed by atoms with Crippen molar-refractivity contribution in [3.8, 4) is 5.75 Å². The molecule has 2 aromatic rings. The van der Waals surface area contributed by atoms with Gasteiger partial charge in [0.15, 0.2) is 5.70 Å². The fourth-order valence-electron chi connectivity index (χ4n) is 2.13. The number of nitrogens with zero attached hydrogens (tertiary/aromatic N) is 1. The number of carbonyl (C=O) groups excluding carboxylic acids is 1. The molecule has 7 heteroatoms. The van der Waals surface area contributed by atoms with E-state index in [2.05, 4.69) is 20.9 Å². The van der Waals surface area contributed by atoms with Gasteiger partial charge < -0.3 is 9.47 Å². The van der Waals surface area contributed by atoms with E-state index >= 15 is 0 Å². The van der Waals surface area contributed by atoms with Crippen molar-refractivity contribution in [3.05, 3.63) is 67.7 Å². The van der Waals surface area contributed by atoms with Crippen LogP contribution in [0.5, 0.6) is 5.75 Å². The number of esters is 1. The zero-order valence-corrected chi connectivity index (χ0v) is 15.4. The smallest absolute Gasteiger partial charge is 0.363 e. The second-order valence-electron chi connectivity index (χ2n) is 4.85. The van der Waals surface area contributed by atoms with E-state index in [1.807, 2.05) is 6.07 Å². The molecule has 0 amide bonds. The Bertz CT molecular complexity index is 893. The molecule has 3 rings (SSSR count). The van der Waals surface area contributed by atoms with Gasteiger partial charge >= 0.3 is 5.97 Å². The molecule has 0 spiro atoms. The Hall–Kier alpha value is -1.82. The van der Waals surface area contributed by atoms with Gasteiger partial charge in [-0.05, 0) is 42.0 Å². The molecular formula is C17H10BrCl2NO3. The molecule has 2 aromatic carbocycles. The summed E-state index contributed by atoms with van der Waals surface area (Å²) >= 11 is 15.2. The van der Waals surface area contributed by atoms with Gasteiger partial charge in [-0.1, -0.05) is 45.2 Å². The highest BCUT2D eigenvalue weighted by Gasteiger charge is 2.26. The number of rotatable bonds is 3. The van der Waals surface area contributed by atoms with E-state index < -0.39 is 5.97 Å². The largest absolute Gasteiger partial charge is 0.496 e. The van der Waals surface area contributed by atoms with Crippen LogP contribution in [0, 0.1) is 0 Å². The Balaban J connectivity index is 2.00. The van der Waals surface area contributed by atoms with Gasteiger partial charge in [0.25, 0.3) is 0 Å². The number of methoxy groups -OCH3 is 1. The zero-order chi connectivity index (χ0) is 17.3. The van der Waals surface area contributed by atoms with Crippen LogP contribution >= 0.6 is 39.1 Å². The van der Waals surface area contributed by atoms with Gasteiger partial charge in [0.2, 0.25) is 5.90 Å². The summed E-state index contributed by atoms with van der Waals surface area (Å²) in [7, 11) is 1.54. The number of hydrogen-bond donors (Lipinski definition) is 0. The first-order chi connectivity index (χ1) is 11.5. The first-order valence-corrected chi connectivity index (χ1v) is 8.34. The van der Waals surface area contributed by atoms with Gasteiger partial charge in [-0.25, -0.2) is 9.79 Å². The lowest BCUT2D eigenvalue weighted by Gasteiger charge is -2.07. The minimum Gasteiger partial charge on any atom is -0.496 e. The van der Waals surface area contributed by atoms with Crippen molar-refractivity contribution in [2.24, 2.45) is 4.99 Å². The van der Waals surface area contributed by atoms with E-state index in [-0.39, 0.29) is 11.6 Å². The Kier molecular flexibility index (Phi) is 4.94. The monoisotopic (exact) mass is 425 g/mol. The maximum Gasteiger partial charge on any atom is 0.363 e. The van der Waals surface area contributed by atoms with Crippen LogP contribution in [0.15, 0.2) is 51.6 Å². The fraction of sp³-hybridized carbons (Fsp3) is 0.0588. The van der Waals surface area contributed by atoms with Crippen LogP contribution in [-0.2, 0) is 9.53 Å². The Morgan fingerprint density at radius 2 is 1.96 bits per heavy atom. The predicted molar refractivity (Wildman–Crippen MR) is 97.8 cm³/mol. The average Bonchev–Trinajstić information content (AvgIpc) is 2.92. The van der Waals surface area contributed by atoms with Gasteiger partial charge in [-0.3, -0.25) is 0 Å². The molecule has 0 atom stereocenters. The molecule has 24 heavy (non-hydrogen) atoms. The first-order valence-electron chi connectivity index (χ1n) is 6.79. The van der Waals surface area contributed by atoms with Crippen LogP contribution < -0.4 is 4.74 Å². The molecule has 0 aromatic heterocycles. The molecule has 0 unspecified atom stereocenters. The maximum absolute atomic E-state index is 12.1. The van der Waals surface area contributed by atoms with Gasteiger partial charge in [0.1, 0.15) is 5.75 Å². The third-order valence-corrected chi connectivity index (χ3v) is 4.49. The van der Waals surface area contributed by atoms with E-state index in [0.29, 0.717) is 26.9 Å².